The van der Waals surface area contributed by atoms with Crippen molar-refractivity contribution >= 4 is 11.6 Å². The van der Waals surface area contributed by atoms with Crippen LogP contribution in [0.4, 0.5) is 13.2 Å². The molecule has 3 aromatic rings. The van der Waals surface area contributed by atoms with Crippen LogP contribution in [0.15, 0.2) is 66.2 Å². The maximum Gasteiger partial charge on any atom is 0.434 e. The monoisotopic (exact) mass is 429 g/mol. The van der Waals surface area contributed by atoms with Crippen LogP contribution in [0, 0.1) is 0 Å². The fourth-order valence-electron chi connectivity index (χ4n) is 3.17. The molecule has 0 atom stereocenters. The predicted octanol–water partition coefficient (Wildman–Crippen LogP) is 3.40. The number of carbonyl (C=O) groups excluding carboxylic acids is 1. The van der Waals surface area contributed by atoms with Crippen LogP contribution in [0.25, 0.3) is 5.69 Å². The Bertz CT molecular complexity index is 1080. The lowest BCUT2D eigenvalue weighted by molar-refractivity contribution is -0.0651. The number of amides is 1. The lowest BCUT2D eigenvalue weighted by Gasteiger charge is -2.26. The summed E-state index contributed by atoms with van der Waals surface area (Å²) in [5.41, 5.74) is 0.982. The highest BCUT2D eigenvalue weighted by Gasteiger charge is 2.40. The van der Waals surface area contributed by atoms with E-state index in [1.54, 1.807) is 54.9 Å². The van der Waals surface area contributed by atoms with Gasteiger partial charge in [0.15, 0.2) is 5.71 Å². The minimum Gasteiger partial charge on any atom is -0.391 e. The van der Waals surface area contributed by atoms with Crippen LogP contribution < -0.4 is 0 Å². The van der Waals surface area contributed by atoms with Gasteiger partial charge in [-0.2, -0.15) is 18.3 Å². The van der Waals surface area contributed by atoms with Crippen molar-refractivity contribution in [2.45, 2.75) is 19.2 Å². The molecule has 0 fully saturated rings. The van der Waals surface area contributed by atoms with Crippen molar-refractivity contribution in [3.05, 3.63) is 77.9 Å². The molecule has 0 N–H and O–H groups in total. The maximum atomic E-state index is 13.5. The first-order valence-corrected chi connectivity index (χ1v) is 9.50. The summed E-state index contributed by atoms with van der Waals surface area (Å²) in [5.74, 6) is -0.531. The average molecular weight is 429 g/mol. The van der Waals surface area contributed by atoms with Crippen molar-refractivity contribution in [3.8, 4) is 5.69 Å². The largest absolute Gasteiger partial charge is 0.434 e. The number of halogens is 3. The van der Waals surface area contributed by atoms with E-state index in [0.29, 0.717) is 23.4 Å². The van der Waals surface area contributed by atoms with Crippen molar-refractivity contribution in [3.63, 3.8) is 0 Å². The highest BCUT2D eigenvalue weighted by molar-refractivity contribution is 6.00. The molecule has 1 aliphatic rings. The normalized spacial score (nSPS) is 14.5. The lowest BCUT2D eigenvalue weighted by atomic mass is 10.1. The van der Waals surface area contributed by atoms with Crippen LogP contribution in [0.1, 0.15) is 21.6 Å². The number of oxime groups is 1. The van der Waals surface area contributed by atoms with Gasteiger partial charge < -0.3 is 9.74 Å². The molecule has 0 spiro atoms. The van der Waals surface area contributed by atoms with E-state index in [2.05, 4.69) is 15.2 Å². The summed E-state index contributed by atoms with van der Waals surface area (Å²) in [6, 6.07) is 12.2. The molecule has 0 radical (unpaired) electrons. The Morgan fingerprint density at radius 1 is 1.16 bits per heavy atom. The van der Waals surface area contributed by atoms with Crippen LogP contribution in [0.5, 0.6) is 0 Å². The van der Waals surface area contributed by atoms with Crippen LogP contribution in [-0.4, -0.2) is 50.5 Å². The van der Waals surface area contributed by atoms with E-state index >= 15 is 0 Å². The number of rotatable bonds is 6. The zero-order valence-electron chi connectivity index (χ0n) is 16.3. The van der Waals surface area contributed by atoms with E-state index in [0.717, 1.165) is 4.90 Å². The summed E-state index contributed by atoms with van der Waals surface area (Å²) < 4.78 is 41.9. The Kier molecular flexibility index (Phi) is 5.70. The van der Waals surface area contributed by atoms with E-state index in [-0.39, 0.29) is 18.7 Å². The standard InChI is InChI=1S/C21H18F3N5O2/c22-21(23,24)19(27-31-14-15-5-2-1-3-6-15)13-28-10-8-18-17(20(28)30)12-29(26-18)16-7-4-9-25-11-16/h1-7,9,11-12H,8,10,13-14H2. The molecule has 2 aromatic heterocycles. The number of pyridine rings is 1. The summed E-state index contributed by atoms with van der Waals surface area (Å²) in [6.45, 7) is -0.700. The minimum atomic E-state index is -4.73. The van der Waals surface area contributed by atoms with E-state index in [9.17, 15) is 18.0 Å². The number of carbonyl (C=O) groups is 1. The quantitative estimate of drug-likeness (QED) is 0.445. The molecule has 1 aromatic carbocycles. The number of fused-ring (bicyclic) bond motifs is 1. The molecule has 1 amide bonds. The van der Waals surface area contributed by atoms with Crippen LogP contribution >= 0.6 is 0 Å². The number of aromatic nitrogens is 3. The molecule has 4 rings (SSSR count). The molecule has 0 aliphatic carbocycles. The van der Waals surface area contributed by atoms with Crippen molar-refractivity contribution in [1.82, 2.24) is 19.7 Å². The first-order valence-electron chi connectivity index (χ1n) is 9.50. The summed E-state index contributed by atoms with van der Waals surface area (Å²) in [7, 11) is 0. The molecular weight excluding hydrogens is 411 g/mol. The number of hydrogen-bond donors (Lipinski definition) is 0. The topological polar surface area (TPSA) is 72.6 Å². The number of benzene rings is 1. The molecule has 0 saturated heterocycles. The molecule has 160 valence electrons. The smallest absolute Gasteiger partial charge is 0.391 e. The summed E-state index contributed by atoms with van der Waals surface area (Å²) in [6.07, 6.45) is 0.315. The summed E-state index contributed by atoms with van der Waals surface area (Å²) >= 11 is 0. The fraction of sp³-hybridized carbons (Fsp3) is 0.238. The second kappa shape index (κ2) is 8.58. The highest BCUT2D eigenvalue weighted by atomic mass is 19.4. The van der Waals surface area contributed by atoms with E-state index in [1.165, 1.54) is 10.9 Å². The third-order valence-electron chi connectivity index (χ3n) is 4.75. The Morgan fingerprint density at radius 2 is 1.97 bits per heavy atom. The molecule has 31 heavy (non-hydrogen) atoms. The van der Waals surface area contributed by atoms with Crippen molar-refractivity contribution in [1.29, 1.82) is 0 Å². The average Bonchev–Trinajstić information content (AvgIpc) is 3.21. The SMILES string of the molecule is O=C1c2cn(-c3cccnc3)nc2CCN1CC(=NOCc1ccccc1)C(F)(F)F. The molecule has 0 bridgehead atoms. The zero-order valence-corrected chi connectivity index (χ0v) is 16.3. The number of hydrogen-bond acceptors (Lipinski definition) is 5. The third kappa shape index (κ3) is 4.73. The van der Waals surface area contributed by atoms with E-state index in [1.807, 2.05) is 0 Å². The van der Waals surface area contributed by atoms with Gasteiger partial charge in [0.25, 0.3) is 5.91 Å². The van der Waals surface area contributed by atoms with Crippen molar-refractivity contribution in [2.24, 2.45) is 5.16 Å². The van der Waals surface area contributed by atoms with Crippen LogP contribution in [0.2, 0.25) is 0 Å². The van der Waals surface area contributed by atoms with Gasteiger partial charge in [-0.3, -0.25) is 9.78 Å². The minimum absolute atomic E-state index is 0.101. The Hall–Kier alpha value is -3.69. The second-order valence-corrected chi connectivity index (χ2v) is 6.92. The Balaban J connectivity index is 1.49. The first-order chi connectivity index (χ1) is 14.9. The van der Waals surface area contributed by atoms with E-state index in [4.69, 9.17) is 4.84 Å². The molecule has 0 saturated carbocycles. The third-order valence-corrected chi connectivity index (χ3v) is 4.75. The Morgan fingerprint density at radius 3 is 2.68 bits per heavy atom. The lowest BCUT2D eigenvalue weighted by Crippen LogP contribution is -2.44. The van der Waals surface area contributed by atoms with Gasteiger partial charge >= 0.3 is 6.18 Å². The van der Waals surface area contributed by atoms with Crippen LogP contribution in [0.3, 0.4) is 0 Å². The molecule has 3 heterocycles. The molecular formula is C21H18F3N5O2. The van der Waals surface area contributed by atoms with Gasteiger partial charge in [-0.15, -0.1) is 0 Å². The first kappa shape index (κ1) is 20.6. The van der Waals surface area contributed by atoms with Gasteiger partial charge in [0.1, 0.15) is 6.61 Å². The molecule has 7 nitrogen and oxygen atoms in total. The summed E-state index contributed by atoms with van der Waals surface area (Å²) in [4.78, 5) is 22.9. The van der Waals surface area contributed by atoms with Gasteiger partial charge in [0.2, 0.25) is 0 Å². The summed E-state index contributed by atoms with van der Waals surface area (Å²) in [5, 5.41) is 7.67. The second-order valence-electron chi connectivity index (χ2n) is 6.92. The Labute approximate surface area is 175 Å². The number of alkyl halides is 3. The van der Waals surface area contributed by atoms with Gasteiger partial charge in [0, 0.05) is 25.4 Å². The molecule has 1 aliphatic heterocycles. The van der Waals surface area contributed by atoms with Gasteiger partial charge in [-0.05, 0) is 17.7 Å². The maximum absolute atomic E-state index is 13.5. The van der Waals surface area contributed by atoms with Crippen molar-refractivity contribution < 1.29 is 22.8 Å². The molecule has 0 unspecified atom stereocenters. The number of nitrogens with zero attached hydrogens (tertiary/aromatic N) is 5. The van der Waals surface area contributed by atoms with Gasteiger partial charge in [-0.1, -0.05) is 35.5 Å². The molecule has 10 heteroatoms. The fourth-order valence-corrected chi connectivity index (χ4v) is 3.17. The van der Waals surface area contributed by atoms with Crippen LogP contribution in [-0.2, 0) is 17.9 Å². The van der Waals surface area contributed by atoms with Gasteiger partial charge in [0.05, 0.1) is 29.7 Å². The zero-order chi connectivity index (χ0) is 21.8. The highest BCUT2D eigenvalue weighted by Crippen LogP contribution is 2.23. The van der Waals surface area contributed by atoms with E-state index < -0.39 is 24.3 Å². The van der Waals surface area contributed by atoms with Crippen molar-refractivity contribution in [2.75, 3.05) is 13.1 Å². The predicted molar refractivity (Wildman–Crippen MR) is 106 cm³/mol. The van der Waals surface area contributed by atoms with Gasteiger partial charge in [-0.25, -0.2) is 4.68 Å².